The molecule has 2 aromatic carbocycles. The van der Waals surface area contributed by atoms with Gasteiger partial charge in [0, 0.05) is 11.1 Å². The Balaban J connectivity index is 2.08. The molecule has 0 fully saturated rings. The molecular formula is C15H13ClN2O4S. The van der Waals surface area contributed by atoms with Crippen molar-refractivity contribution < 1.29 is 12.8 Å². The molecule has 0 aliphatic rings. The van der Waals surface area contributed by atoms with Gasteiger partial charge in [0.25, 0.3) is 10.0 Å². The van der Waals surface area contributed by atoms with Crippen molar-refractivity contribution in [1.82, 2.24) is 4.98 Å². The fourth-order valence-electron chi connectivity index (χ4n) is 2.32. The molecule has 2 N–H and O–H groups in total. The highest BCUT2D eigenvalue weighted by Gasteiger charge is 2.20. The first kappa shape index (κ1) is 15.6. The van der Waals surface area contributed by atoms with Crippen molar-refractivity contribution in [2.75, 3.05) is 4.72 Å². The Morgan fingerprint density at radius 2 is 1.87 bits per heavy atom. The number of oxazole rings is 1. The van der Waals surface area contributed by atoms with Gasteiger partial charge in [0.05, 0.1) is 16.1 Å². The Kier molecular flexibility index (Phi) is 3.69. The Labute approximate surface area is 137 Å². The van der Waals surface area contributed by atoms with E-state index in [4.69, 9.17) is 16.0 Å². The van der Waals surface area contributed by atoms with E-state index in [0.717, 1.165) is 0 Å². The first-order valence-corrected chi connectivity index (χ1v) is 8.55. The third-order valence-electron chi connectivity index (χ3n) is 3.44. The molecule has 23 heavy (non-hydrogen) atoms. The van der Waals surface area contributed by atoms with E-state index in [1.54, 1.807) is 38.1 Å². The summed E-state index contributed by atoms with van der Waals surface area (Å²) in [6, 6.07) is 7.76. The van der Waals surface area contributed by atoms with Crippen LogP contribution in [-0.2, 0) is 10.0 Å². The number of H-pyrrole nitrogens is 1. The number of benzene rings is 2. The molecule has 0 aliphatic carbocycles. The Hall–Kier alpha value is -2.25. The number of hydrogen-bond acceptors (Lipinski definition) is 4. The predicted molar refractivity (Wildman–Crippen MR) is 88.6 cm³/mol. The minimum atomic E-state index is -3.83. The van der Waals surface area contributed by atoms with Gasteiger partial charge in [0.2, 0.25) is 0 Å². The van der Waals surface area contributed by atoms with Gasteiger partial charge < -0.3 is 4.42 Å². The number of sulfonamides is 1. The Morgan fingerprint density at radius 1 is 1.13 bits per heavy atom. The summed E-state index contributed by atoms with van der Waals surface area (Å²) in [4.78, 5) is 13.8. The lowest BCUT2D eigenvalue weighted by atomic mass is 10.2. The van der Waals surface area contributed by atoms with Crippen molar-refractivity contribution in [3.05, 3.63) is 57.0 Å². The number of fused-ring (bicyclic) bond motifs is 1. The average Bonchev–Trinajstić information content (AvgIpc) is 2.80. The van der Waals surface area contributed by atoms with Crippen molar-refractivity contribution in [2.24, 2.45) is 0 Å². The number of nitrogens with one attached hydrogen (secondary N) is 2. The first-order chi connectivity index (χ1) is 10.8. The van der Waals surface area contributed by atoms with Gasteiger partial charge in [0.15, 0.2) is 5.58 Å². The molecule has 1 heterocycles. The standard InChI is InChI=1S/C15H13ClN2O4S/c1-8-5-10(16)3-4-11(8)18-23(20,21)14-7-13-12(6-9(14)2)17-15(19)22-13/h3-7,18H,1-2H3,(H,17,19). The van der Waals surface area contributed by atoms with Crippen molar-refractivity contribution >= 4 is 38.4 Å². The summed E-state index contributed by atoms with van der Waals surface area (Å²) >= 11 is 5.88. The first-order valence-electron chi connectivity index (χ1n) is 6.69. The van der Waals surface area contributed by atoms with Gasteiger partial charge >= 0.3 is 5.76 Å². The van der Waals surface area contributed by atoms with E-state index in [0.29, 0.717) is 27.4 Å². The lowest BCUT2D eigenvalue weighted by Crippen LogP contribution is -2.15. The smallest absolute Gasteiger partial charge is 0.408 e. The van der Waals surface area contributed by atoms with Crippen LogP contribution in [0.1, 0.15) is 11.1 Å². The summed E-state index contributed by atoms with van der Waals surface area (Å²) < 4.78 is 32.7. The molecule has 0 amide bonds. The van der Waals surface area contributed by atoms with Gasteiger partial charge in [-0.05, 0) is 49.2 Å². The van der Waals surface area contributed by atoms with E-state index in [9.17, 15) is 13.2 Å². The van der Waals surface area contributed by atoms with E-state index in [1.807, 2.05) is 0 Å². The molecule has 0 bridgehead atoms. The zero-order chi connectivity index (χ0) is 16.8. The highest BCUT2D eigenvalue weighted by Crippen LogP contribution is 2.26. The number of aromatic nitrogens is 1. The van der Waals surface area contributed by atoms with Crippen LogP contribution in [0.15, 0.2) is 44.4 Å². The third kappa shape index (κ3) is 2.97. The maximum Gasteiger partial charge on any atom is 0.417 e. The van der Waals surface area contributed by atoms with Crippen LogP contribution in [0.4, 0.5) is 5.69 Å². The largest absolute Gasteiger partial charge is 0.417 e. The zero-order valence-electron chi connectivity index (χ0n) is 12.3. The summed E-state index contributed by atoms with van der Waals surface area (Å²) in [7, 11) is -3.83. The number of aromatic amines is 1. The molecule has 8 heteroatoms. The van der Waals surface area contributed by atoms with Crippen molar-refractivity contribution in [3.63, 3.8) is 0 Å². The molecule has 1 aromatic heterocycles. The van der Waals surface area contributed by atoms with Crippen molar-refractivity contribution in [1.29, 1.82) is 0 Å². The van der Waals surface area contributed by atoms with Gasteiger partial charge in [-0.3, -0.25) is 9.71 Å². The second kappa shape index (κ2) is 5.43. The van der Waals surface area contributed by atoms with Gasteiger partial charge in [-0.25, -0.2) is 13.2 Å². The zero-order valence-corrected chi connectivity index (χ0v) is 13.9. The molecule has 0 radical (unpaired) electrons. The van der Waals surface area contributed by atoms with Crippen LogP contribution in [0, 0.1) is 13.8 Å². The van der Waals surface area contributed by atoms with Gasteiger partial charge in [-0.1, -0.05) is 11.6 Å². The van der Waals surface area contributed by atoms with E-state index in [-0.39, 0.29) is 10.5 Å². The quantitative estimate of drug-likeness (QED) is 0.757. The molecule has 120 valence electrons. The van der Waals surface area contributed by atoms with E-state index in [2.05, 4.69) is 9.71 Å². The van der Waals surface area contributed by atoms with Gasteiger partial charge in [-0.2, -0.15) is 0 Å². The average molecular weight is 353 g/mol. The summed E-state index contributed by atoms with van der Waals surface area (Å²) in [6.07, 6.45) is 0. The minimum absolute atomic E-state index is 0.0436. The summed E-state index contributed by atoms with van der Waals surface area (Å²) in [6.45, 7) is 3.40. The molecule has 0 saturated heterocycles. The van der Waals surface area contributed by atoms with E-state index in [1.165, 1.54) is 6.07 Å². The second-order valence-electron chi connectivity index (χ2n) is 5.19. The van der Waals surface area contributed by atoms with Crippen LogP contribution in [0.25, 0.3) is 11.1 Å². The highest BCUT2D eigenvalue weighted by atomic mass is 35.5. The number of anilines is 1. The van der Waals surface area contributed by atoms with E-state index < -0.39 is 15.8 Å². The predicted octanol–water partition coefficient (Wildman–Crippen LogP) is 3.19. The molecular weight excluding hydrogens is 340 g/mol. The van der Waals surface area contributed by atoms with Crippen molar-refractivity contribution in [3.8, 4) is 0 Å². The van der Waals surface area contributed by atoms with Gasteiger partial charge in [0.1, 0.15) is 0 Å². The lowest BCUT2D eigenvalue weighted by molar-refractivity contribution is 0.554. The molecule has 0 saturated carbocycles. The fraction of sp³-hybridized carbons (Fsp3) is 0.133. The van der Waals surface area contributed by atoms with Gasteiger partial charge in [-0.15, -0.1) is 0 Å². The summed E-state index contributed by atoms with van der Waals surface area (Å²) in [5.74, 6) is -0.629. The Morgan fingerprint density at radius 3 is 2.57 bits per heavy atom. The number of aryl methyl sites for hydroxylation is 2. The van der Waals surface area contributed by atoms with Crippen LogP contribution in [-0.4, -0.2) is 13.4 Å². The van der Waals surface area contributed by atoms with Crippen LogP contribution in [0.3, 0.4) is 0 Å². The van der Waals surface area contributed by atoms with Crippen LogP contribution in [0.5, 0.6) is 0 Å². The number of rotatable bonds is 3. The maximum absolute atomic E-state index is 12.6. The lowest BCUT2D eigenvalue weighted by Gasteiger charge is -2.12. The molecule has 3 aromatic rings. The summed E-state index contributed by atoms with van der Waals surface area (Å²) in [5.41, 5.74) is 2.27. The molecule has 0 spiro atoms. The molecule has 0 unspecified atom stereocenters. The monoisotopic (exact) mass is 352 g/mol. The number of halogens is 1. The number of hydrogen-bond donors (Lipinski definition) is 2. The van der Waals surface area contributed by atoms with Crippen LogP contribution < -0.4 is 10.5 Å². The normalized spacial score (nSPS) is 11.8. The Bertz CT molecular complexity index is 1070. The topological polar surface area (TPSA) is 92.2 Å². The fourth-order valence-corrected chi connectivity index (χ4v) is 3.92. The van der Waals surface area contributed by atoms with Crippen LogP contribution in [0.2, 0.25) is 5.02 Å². The third-order valence-corrected chi connectivity index (χ3v) is 5.18. The molecule has 6 nitrogen and oxygen atoms in total. The molecule has 0 aliphatic heterocycles. The highest BCUT2D eigenvalue weighted by molar-refractivity contribution is 7.92. The second-order valence-corrected chi connectivity index (χ2v) is 7.28. The minimum Gasteiger partial charge on any atom is -0.408 e. The summed E-state index contributed by atoms with van der Waals surface area (Å²) in [5, 5.41) is 0.525. The van der Waals surface area contributed by atoms with E-state index >= 15 is 0 Å². The van der Waals surface area contributed by atoms with Crippen molar-refractivity contribution in [2.45, 2.75) is 18.7 Å². The SMILES string of the molecule is Cc1cc(Cl)ccc1NS(=O)(=O)c1cc2oc(=O)[nH]c2cc1C. The molecule has 0 atom stereocenters. The maximum atomic E-state index is 12.6. The van der Waals surface area contributed by atoms with Crippen LogP contribution >= 0.6 is 11.6 Å². The molecule has 3 rings (SSSR count).